The van der Waals surface area contributed by atoms with Crippen LogP contribution in [0.3, 0.4) is 0 Å². The molecule has 3 N–H and O–H groups in total. The first-order valence-electron chi connectivity index (χ1n) is 5.81. The maximum atomic E-state index is 5.92. The lowest BCUT2D eigenvalue weighted by Crippen LogP contribution is -2.31. The number of nitrogens with two attached hydrogens (primary N) is 1. The number of rotatable bonds is 5. The van der Waals surface area contributed by atoms with Gasteiger partial charge in [-0.15, -0.1) is 0 Å². The molecular weight excluding hydrogens is 198 g/mol. The fraction of sp³-hybridized carbons (Fsp3) is 0.538. The Morgan fingerprint density at radius 2 is 2.06 bits per heavy atom. The first-order chi connectivity index (χ1) is 7.52. The van der Waals surface area contributed by atoms with Gasteiger partial charge in [-0.3, -0.25) is 0 Å². The molecule has 1 rings (SSSR count). The number of hydrogen-bond donors (Lipinski definition) is 2. The van der Waals surface area contributed by atoms with Crippen LogP contribution in [0.4, 0.5) is 11.4 Å². The zero-order valence-electron chi connectivity index (χ0n) is 10.7. The summed E-state index contributed by atoms with van der Waals surface area (Å²) in [5.41, 5.74) is 9.02. The largest absolute Gasteiger partial charge is 0.397 e. The molecule has 1 aromatic rings. The maximum absolute atomic E-state index is 5.92. The first kappa shape index (κ1) is 12.8. The van der Waals surface area contributed by atoms with Crippen LogP contribution in [0.2, 0.25) is 0 Å². The van der Waals surface area contributed by atoms with Crippen molar-refractivity contribution in [1.29, 1.82) is 0 Å². The second kappa shape index (κ2) is 5.75. The zero-order chi connectivity index (χ0) is 12.1. The fourth-order valence-electron chi connectivity index (χ4n) is 1.55. The molecule has 0 fully saturated rings. The van der Waals surface area contributed by atoms with Gasteiger partial charge in [-0.2, -0.15) is 0 Å². The molecule has 0 saturated carbocycles. The van der Waals surface area contributed by atoms with Gasteiger partial charge in [0, 0.05) is 19.1 Å². The van der Waals surface area contributed by atoms with E-state index in [-0.39, 0.29) is 0 Å². The molecule has 3 heteroatoms. The van der Waals surface area contributed by atoms with E-state index in [1.165, 1.54) is 5.56 Å². The molecule has 16 heavy (non-hydrogen) atoms. The molecule has 0 saturated heterocycles. The normalized spacial score (nSPS) is 11.1. The molecule has 0 aromatic heterocycles. The van der Waals surface area contributed by atoms with Gasteiger partial charge in [0.25, 0.3) is 0 Å². The van der Waals surface area contributed by atoms with Crippen LogP contribution in [0.25, 0.3) is 0 Å². The zero-order valence-corrected chi connectivity index (χ0v) is 10.7. The summed E-state index contributed by atoms with van der Waals surface area (Å²) in [6, 6.07) is 6.57. The lowest BCUT2D eigenvalue weighted by atomic mass is 10.1. The molecule has 0 spiro atoms. The van der Waals surface area contributed by atoms with E-state index in [2.05, 4.69) is 44.1 Å². The Labute approximate surface area is 98.6 Å². The Hall–Kier alpha value is -1.22. The summed E-state index contributed by atoms with van der Waals surface area (Å²) >= 11 is 0. The minimum atomic E-state index is 0.580. The number of nitrogen functional groups attached to an aromatic ring is 1. The molecule has 0 aliphatic carbocycles. The summed E-state index contributed by atoms with van der Waals surface area (Å²) in [4.78, 5) is 2.31. The minimum Gasteiger partial charge on any atom is -0.397 e. The van der Waals surface area contributed by atoms with Gasteiger partial charge in [0.1, 0.15) is 0 Å². The standard InChI is InChI=1S/C13H23N3/c1-10(2)16(4)9-8-15-13-11(3)6-5-7-12(13)14/h5-7,10,15H,8-9,14H2,1-4H3. The van der Waals surface area contributed by atoms with Gasteiger partial charge in [0.2, 0.25) is 0 Å². The highest BCUT2D eigenvalue weighted by Gasteiger charge is 2.04. The van der Waals surface area contributed by atoms with Crippen LogP contribution in [-0.4, -0.2) is 31.1 Å². The summed E-state index contributed by atoms with van der Waals surface area (Å²) in [6.07, 6.45) is 0. The van der Waals surface area contributed by atoms with Crippen molar-refractivity contribution in [1.82, 2.24) is 4.90 Å². The van der Waals surface area contributed by atoms with Crippen LogP contribution in [0.5, 0.6) is 0 Å². The average Bonchev–Trinajstić information content (AvgIpc) is 2.22. The molecule has 0 amide bonds. The molecule has 0 radical (unpaired) electrons. The number of likely N-dealkylation sites (N-methyl/N-ethyl adjacent to an activating group) is 1. The second-order valence-corrected chi connectivity index (χ2v) is 4.54. The Balaban J connectivity index is 2.49. The van der Waals surface area contributed by atoms with Crippen molar-refractivity contribution in [3.63, 3.8) is 0 Å². The van der Waals surface area contributed by atoms with Crippen LogP contribution in [0, 0.1) is 6.92 Å². The van der Waals surface area contributed by atoms with E-state index >= 15 is 0 Å². The van der Waals surface area contributed by atoms with Crippen molar-refractivity contribution in [3.8, 4) is 0 Å². The number of hydrogen-bond acceptors (Lipinski definition) is 3. The lowest BCUT2D eigenvalue weighted by molar-refractivity contribution is 0.284. The van der Waals surface area contributed by atoms with E-state index in [4.69, 9.17) is 5.73 Å². The molecule has 0 bridgehead atoms. The molecule has 90 valence electrons. The maximum Gasteiger partial charge on any atom is 0.0604 e. The van der Waals surface area contributed by atoms with E-state index < -0.39 is 0 Å². The summed E-state index contributed by atoms with van der Waals surface area (Å²) in [5, 5.41) is 3.40. The monoisotopic (exact) mass is 221 g/mol. The lowest BCUT2D eigenvalue weighted by Gasteiger charge is -2.22. The third-order valence-electron chi connectivity index (χ3n) is 2.95. The minimum absolute atomic E-state index is 0.580. The predicted molar refractivity (Wildman–Crippen MR) is 71.8 cm³/mol. The van der Waals surface area contributed by atoms with Crippen LogP contribution in [-0.2, 0) is 0 Å². The summed E-state index contributed by atoms with van der Waals surface area (Å²) < 4.78 is 0. The van der Waals surface area contributed by atoms with E-state index in [1.807, 2.05) is 12.1 Å². The van der Waals surface area contributed by atoms with Crippen LogP contribution >= 0.6 is 0 Å². The van der Waals surface area contributed by atoms with Gasteiger partial charge in [0.05, 0.1) is 11.4 Å². The Morgan fingerprint density at radius 1 is 1.38 bits per heavy atom. The molecule has 3 nitrogen and oxygen atoms in total. The second-order valence-electron chi connectivity index (χ2n) is 4.54. The summed E-state index contributed by atoms with van der Waals surface area (Å²) in [7, 11) is 2.13. The van der Waals surface area contributed by atoms with Crippen molar-refractivity contribution in [3.05, 3.63) is 23.8 Å². The molecule has 0 heterocycles. The van der Waals surface area contributed by atoms with Crippen molar-refractivity contribution < 1.29 is 0 Å². The van der Waals surface area contributed by atoms with Crippen molar-refractivity contribution in [2.45, 2.75) is 26.8 Å². The third kappa shape index (κ3) is 3.42. The van der Waals surface area contributed by atoms with Crippen molar-refractivity contribution in [2.24, 2.45) is 0 Å². The van der Waals surface area contributed by atoms with Gasteiger partial charge >= 0.3 is 0 Å². The summed E-state index contributed by atoms with van der Waals surface area (Å²) in [6.45, 7) is 8.41. The van der Waals surface area contributed by atoms with E-state index in [9.17, 15) is 0 Å². The number of nitrogens with zero attached hydrogens (tertiary/aromatic N) is 1. The molecule has 0 aliphatic heterocycles. The summed E-state index contributed by atoms with van der Waals surface area (Å²) in [5.74, 6) is 0. The van der Waals surface area contributed by atoms with Crippen molar-refractivity contribution in [2.75, 3.05) is 31.2 Å². The van der Waals surface area contributed by atoms with Crippen LogP contribution in [0.15, 0.2) is 18.2 Å². The average molecular weight is 221 g/mol. The molecule has 0 atom stereocenters. The number of anilines is 2. The SMILES string of the molecule is Cc1cccc(N)c1NCCN(C)C(C)C. The Morgan fingerprint density at radius 3 is 2.62 bits per heavy atom. The highest BCUT2D eigenvalue weighted by Crippen LogP contribution is 2.21. The molecule has 1 aromatic carbocycles. The Bertz CT molecular complexity index is 314. The third-order valence-corrected chi connectivity index (χ3v) is 2.95. The van der Waals surface area contributed by atoms with Crippen molar-refractivity contribution >= 4 is 11.4 Å². The van der Waals surface area contributed by atoms with Gasteiger partial charge in [-0.05, 0) is 39.4 Å². The van der Waals surface area contributed by atoms with Gasteiger partial charge in [0.15, 0.2) is 0 Å². The smallest absolute Gasteiger partial charge is 0.0604 e. The van der Waals surface area contributed by atoms with Gasteiger partial charge in [-0.1, -0.05) is 12.1 Å². The van der Waals surface area contributed by atoms with Crippen LogP contribution in [0.1, 0.15) is 19.4 Å². The number of para-hydroxylation sites is 1. The molecule has 0 unspecified atom stereocenters. The van der Waals surface area contributed by atoms with E-state index in [1.54, 1.807) is 0 Å². The highest BCUT2D eigenvalue weighted by molar-refractivity contribution is 5.69. The van der Waals surface area contributed by atoms with Gasteiger partial charge < -0.3 is 16.0 Å². The number of nitrogens with one attached hydrogen (secondary N) is 1. The highest BCUT2D eigenvalue weighted by atomic mass is 15.1. The topological polar surface area (TPSA) is 41.3 Å². The molecular formula is C13H23N3. The molecule has 0 aliphatic rings. The predicted octanol–water partition coefficient (Wildman–Crippen LogP) is 2.33. The first-order valence-corrected chi connectivity index (χ1v) is 5.81. The van der Waals surface area contributed by atoms with Crippen LogP contribution < -0.4 is 11.1 Å². The number of benzene rings is 1. The fourth-order valence-corrected chi connectivity index (χ4v) is 1.55. The van der Waals surface area contributed by atoms with E-state index in [0.717, 1.165) is 24.5 Å². The van der Waals surface area contributed by atoms with E-state index in [0.29, 0.717) is 6.04 Å². The Kier molecular flexibility index (Phi) is 4.62. The number of aryl methyl sites for hydroxylation is 1. The van der Waals surface area contributed by atoms with Gasteiger partial charge in [-0.25, -0.2) is 0 Å². The quantitative estimate of drug-likeness (QED) is 0.750.